The van der Waals surface area contributed by atoms with E-state index < -0.39 is 29.1 Å². The zero-order chi connectivity index (χ0) is 22.0. The summed E-state index contributed by atoms with van der Waals surface area (Å²) < 4.78 is 10.1. The van der Waals surface area contributed by atoms with Crippen LogP contribution >= 0.6 is 0 Å². The van der Waals surface area contributed by atoms with E-state index in [4.69, 9.17) is 9.47 Å². The van der Waals surface area contributed by atoms with Gasteiger partial charge < -0.3 is 9.47 Å². The van der Waals surface area contributed by atoms with Gasteiger partial charge in [-0.25, -0.2) is 0 Å². The average Bonchev–Trinajstić information content (AvgIpc) is 2.75. The Hall–Kier alpha value is -2.17. The average molecular weight is 417 g/mol. The molecule has 2 rings (SSSR count). The fourth-order valence-corrected chi connectivity index (χ4v) is 4.52. The van der Waals surface area contributed by atoms with E-state index in [1.807, 2.05) is 37.3 Å². The molecule has 0 bridgehead atoms. The smallest absolute Gasteiger partial charge is 0.328 e. The standard InChI is InChI=1S/C25H36O5/c1-4-29-23(27)21(24(28)30-5-2)22(26)25(3,20-16-10-7-11-17-20)18-12-15-19-13-8-6-9-14-19/h7,10-11,16-17,19,21H,4-6,8-9,12-15,18H2,1-3H3. The van der Waals surface area contributed by atoms with Crippen molar-refractivity contribution in [3.8, 4) is 0 Å². The lowest BCUT2D eigenvalue weighted by atomic mass is 9.70. The van der Waals surface area contributed by atoms with Gasteiger partial charge in [0.15, 0.2) is 5.78 Å². The number of ether oxygens (including phenoxy) is 2. The normalized spacial score (nSPS) is 16.7. The van der Waals surface area contributed by atoms with Crippen LogP contribution < -0.4 is 0 Å². The van der Waals surface area contributed by atoms with Crippen molar-refractivity contribution >= 4 is 17.7 Å². The summed E-state index contributed by atoms with van der Waals surface area (Å²) in [7, 11) is 0. The summed E-state index contributed by atoms with van der Waals surface area (Å²) in [5.74, 6) is -2.93. The first-order valence-corrected chi connectivity index (χ1v) is 11.4. The third kappa shape index (κ3) is 6.16. The second-order valence-electron chi connectivity index (χ2n) is 8.40. The summed E-state index contributed by atoms with van der Waals surface area (Å²) in [6.45, 7) is 5.37. The molecule has 5 heteroatoms. The summed E-state index contributed by atoms with van der Waals surface area (Å²) in [6, 6.07) is 9.44. The Morgan fingerprint density at radius 3 is 2.07 bits per heavy atom. The van der Waals surface area contributed by atoms with Crippen molar-refractivity contribution < 1.29 is 23.9 Å². The molecule has 0 aromatic heterocycles. The van der Waals surface area contributed by atoms with Gasteiger partial charge in [0.2, 0.25) is 5.92 Å². The van der Waals surface area contributed by atoms with E-state index in [0.29, 0.717) is 12.3 Å². The van der Waals surface area contributed by atoms with Gasteiger partial charge in [0.1, 0.15) is 0 Å². The maximum absolute atomic E-state index is 13.7. The molecule has 0 saturated heterocycles. The molecule has 5 nitrogen and oxygen atoms in total. The molecule has 1 aliphatic carbocycles. The highest BCUT2D eigenvalue weighted by molar-refractivity contribution is 6.18. The largest absolute Gasteiger partial charge is 0.465 e. The second-order valence-corrected chi connectivity index (χ2v) is 8.40. The van der Waals surface area contributed by atoms with E-state index >= 15 is 0 Å². The second kappa shape index (κ2) is 11.9. The number of benzene rings is 1. The molecule has 0 aliphatic heterocycles. The van der Waals surface area contributed by atoms with Crippen LogP contribution in [0.5, 0.6) is 0 Å². The van der Waals surface area contributed by atoms with Gasteiger partial charge in [0.05, 0.1) is 18.6 Å². The van der Waals surface area contributed by atoms with E-state index in [-0.39, 0.29) is 13.2 Å². The van der Waals surface area contributed by atoms with Crippen LogP contribution in [0.4, 0.5) is 0 Å². The Balaban J connectivity index is 2.27. The molecular weight excluding hydrogens is 380 g/mol. The van der Waals surface area contributed by atoms with Crippen LogP contribution in [0.1, 0.15) is 77.7 Å². The molecule has 0 amide bonds. The van der Waals surface area contributed by atoms with Gasteiger partial charge >= 0.3 is 11.9 Å². The molecule has 0 N–H and O–H groups in total. The molecule has 1 fully saturated rings. The maximum Gasteiger partial charge on any atom is 0.328 e. The monoisotopic (exact) mass is 416 g/mol. The van der Waals surface area contributed by atoms with Gasteiger partial charge in [-0.3, -0.25) is 14.4 Å². The van der Waals surface area contributed by atoms with Crippen molar-refractivity contribution in [2.24, 2.45) is 11.8 Å². The highest BCUT2D eigenvalue weighted by Gasteiger charge is 2.47. The quantitative estimate of drug-likeness (QED) is 0.375. The van der Waals surface area contributed by atoms with E-state index in [1.165, 1.54) is 32.1 Å². The molecule has 30 heavy (non-hydrogen) atoms. The molecule has 1 atom stereocenters. The highest BCUT2D eigenvalue weighted by atomic mass is 16.6. The lowest BCUT2D eigenvalue weighted by molar-refractivity contribution is -0.165. The molecular formula is C25H36O5. The topological polar surface area (TPSA) is 69.7 Å². The highest BCUT2D eigenvalue weighted by Crippen LogP contribution is 2.36. The first-order chi connectivity index (χ1) is 14.4. The van der Waals surface area contributed by atoms with Crippen LogP contribution in [0.2, 0.25) is 0 Å². The third-order valence-corrected chi connectivity index (χ3v) is 6.28. The number of esters is 2. The van der Waals surface area contributed by atoms with Crippen LogP contribution in [0.15, 0.2) is 30.3 Å². The Labute approximate surface area is 180 Å². The zero-order valence-electron chi connectivity index (χ0n) is 18.7. The first kappa shape index (κ1) is 24.1. The van der Waals surface area contributed by atoms with Gasteiger partial charge in [-0.2, -0.15) is 0 Å². The molecule has 0 heterocycles. The first-order valence-electron chi connectivity index (χ1n) is 11.4. The minimum absolute atomic E-state index is 0.103. The fourth-order valence-electron chi connectivity index (χ4n) is 4.52. The molecule has 0 spiro atoms. The number of Topliss-reactive ketones (excluding diaryl/α,β-unsaturated/α-hetero) is 1. The summed E-state index contributed by atoms with van der Waals surface area (Å²) in [5.41, 5.74) is -0.141. The Morgan fingerprint density at radius 1 is 0.967 bits per heavy atom. The summed E-state index contributed by atoms with van der Waals surface area (Å²) in [5, 5.41) is 0. The number of hydrogen-bond acceptors (Lipinski definition) is 5. The van der Waals surface area contributed by atoms with E-state index in [9.17, 15) is 14.4 Å². The molecule has 1 aromatic rings. The van der Waals surface area contributed by atoms with Crippen molar-refractivity contribution in [1.29, 1.82) is 0 Å². The zero-order valence-corrected chi connectivity index (χ0v) is 18.7. The molecule has 1 aromatic carbocycles. The Kier molecular flexibility index (Phi) is 9.54. The minimum Gasteiger partial charge on any atom is -0.465 e. The summed E-state index contributed by atoms with van der Waals surface area (Å²) in [4.78, 5) is 38.8. The lowest BCUT2D eigenvalue weighted by Crippen LogP contribution is -2.45. The van der Waals surface area contributed by atoms with E-state index in [0.717, 1.165) is 18.4 Å². The van der Waals surface area contributed by atoms with Gasteiger partial charge in [-0.1, -0.05) is 75.3 Å². The third-order valence-electron chi connectivity index (χ3n) is 6.28. The van der Waals surface area contributed by atoms with Gasteiger partial charge in [0, 0.05) is 0 Å². The van der Waals surface area contributed by atoms with Gasteiger partial charge in [0.25, 0.3) is 0 Å². The SMILES string of the molecule is CCOC(=O)C(C(=O)OCC)C(=O)C(C)(CCCC1CCCCC1)c1ccccc1. The van der Waals surface area contributed by atoms with Crippen molar-refractivity contribution in [3.63, 3.8) is 0 Å². The maximum atomic E-state index is 13.7. The van der Waals surface area contributed by atoms with Crippen molar-refractivity contribution in [2.45, 2.75) is 77.6 Å². The van der Waals surface area contributed by atoms with Crippen LogP contribution in [-0.2, 0) is 29.3 Å². The Morgan fingerprint density at radius 2 is 1.53 bits per heavy atom. The van der Waals surface area contributed by atoms with Crippen molar-refractivity contribution in [1.82, 2.24) is 0 Å². The van der Waals surface area contributed by atoms with Crippen LogP contribution in [0.3, 0.4) is 0 Å². The number of ketones is 1. The molecule has 166 valence electrons. The predicted molar refractivity (Wildman–Crippen MR) is 116 cm³/mol. The molecule has 0 radical (unpaired) electrons. The molecule has 1 unspecified atom stereocenters. The van der Waals surface area contributed by atoms with Crippen LogP contribution in [-0.4, -0.2) is 30.9 Å². The van der Waals surface area contributed by atoms with Crippen molar-refractivity contribution in [3.05, 3.63) is 35.9 Å². The van der Waals surface area contributed by atoms with E-state index in [1.54, 1.807) is 13.8 Å². The molecule has 1 saturated carbocycles. The predicted octanol–water partition coefficient (Wildman–Crippen LogP) is 5.01. The van der Waals surface area contributed by atoms with Crippen LogP contribution in [0, 0.1) is 11.8 Å². The van der Waals surface area contributed by atoms with Gasteiger partial charge in [-0.15, -0.1) is 0 Å². The minimum atomic E-state index is -1.55. The fraction of sp³-hybridized carbons (Fsp3) is 0.640. The number of carbonyl (C=O) groups excluding carboxylic acids is 3. The molecule has 1 aliphatic rings. The number of rotatable bonds is 11. The lowest BCUT2D eigenvalue weighted by Gasteiger charge is -2.32. The number of carbonyl (C=O) groups is 3. The van der Waals surface area contributed by atoms with E-state index in [2.05, 4.69) is 0 Å². The van der Waals surface area contributed by atoms with Gasteiger partial charge in [-0.05, 0) is 38.7 Å². The van der Waals surface area contributed by atoms with Crippen LogP contribution in [0.25, 0.3) is 0 Å². The summed E-state index contributed by atoms with van der Waals surface area (Å²) in [6.07, 6.45) is 8.92. The number of hydrogen-bond donors (Lipinski definition) is 0. The summed E-state index contributed by atoms with van der Waals surface area (Å²) >= 11 is 0. The Bertz CT molecular complexity index is 675. The van der Waals surface area contributed by atoms with Crippen molar-refractivity contribution in [2.75, 3.05) is 13.2 Å².